The molecule has 3 aromatic rings. The summed E-state index contributed by atoms with van der Waals surface area (Å²) in [6, 6.07) is 15.7. The molecule has 1 amide bonds. The molecule has 1 aromatic heterocycles. The van der Waals surface area contributed by atoms with Crippen LogP contribution >= 0.6 is 0 Å². The van der Waals surface area contributed by atoms with E-state index in [-0.39, 0.29) is 5.91 Å². The molecule has 0 saturated heterocycles. The van der Waals surface area contributed by atoms with Gasteiger partial charge < -0.3 is 5.32 Å². The average Bonchev–Trinajstić information content (AvgIpc) is 2.93. The van der Waals surface area contributed by atoms with Crippen molar-refractivity contribution in [1.82, 2.24) is 9.78 Å². The molecule has 2 aromatic carbocycles. The number of hydrogen-bond acceptors (Lipinski definition) is 2. The zero-order chi connectivity index (χ0) is 17.3. The predicted molar refractivity (Wildman–Crippen MR) is 96.9 cm³/mol. The van der Waals surface area contributed by atoms with Crippen molar-refractivity contribution in [1.29, 1.82) is 0 Å². The number of nitrogens with one attached hydrogen (secondary N) is 1. The maximum absolute atomic E-state index is 12.6. The second kappa shape index (κ2) is 6.32. The van der Waals surface area contributed by atoms with Gasteiger partial charge in [0.25, 0.3) is 5.91 Å². The van der Waals surface area contributed by atoms with Crippen LogP contribution in [-0.4, -0.2) is 15.7 Å². The van der Waals surface area contributed by atoms with Gasteiger partial charge in [-0.15, -0.1) is 0 Å². The molecular formula is C20H21N3O. The van der Waals surface area contributed by atoms with Crippen LogP contribution in [0.3, 0.4) is 0 Å². The Kier molecular flexibility index (Phi) is 4.21. The summed E-state index contributed by atoms with van der Waals surface area (Å²) in [5.41, 5.74) is 6.43. The number of rotatable bonds is 3. The molecule has 4 heteroatoms. The minimum absolute atomic E-state index is 0.192. The van der Waals surface area contributed by atoms with Crippen LogP contribution in [0.1, 0.15) is 32.9 Å². The van der Waals surface area contributed by atoms with Gasteiger partial charge in [0.05, 0.1) is 5.69 Å². The van der Waals surface area contributed by atoms with Crippen molar-refractivity contribution >= 4 is 11.6 Å². The topological polar surface area (TPSA) is 46.9 Å². The Balaban J connectivity index is 1.90. The molecule has 0 bridgehead atoms. The van der Waals surface area contributed by atoms with Gasteiger partial charge in [0.15, 0.2) is 5.69 Å². The molecule has 0 aliphatic heterocycles. The lowest BCUT2D eigenvalue weighted by molar-refractivity contribution is 0.102. The summed E-state index contributed by atoms with van der Waals surface area (Å²) in [6.07, 6.45) is 0. The Morgan fingerprint density at radius 1 is 0.958 bits per heavy atom. The van der Waals surface area contributed by atoms with Crippen LogP contribution in [0.5, 0.6) is 0 Å². The first-order valence-corrected chi connectivity index (χ1v) is 7.97. The highest BCUT2D eigenvalue weighted by molar-refractivity contribution is 6.03. The van der Waals surface area contributed by atoms with Crippen molar-refractivity contribution in [2.45, 2.75) is 27.7 Å². The molecular weight excluding hydrogens is 298 g/mol. The SMILES string of the molecule is Cc1cc(C)c(NC(=O)c2cc(C)n(-c3ccccc3)n2)c(C)c1. The van der Waals surface area contributed by atoms with Gasteiger partial charge in [0, 0.05) is 11.4 Å². The number of nitrogens with zero attached hydrogens (tertiary/aromatic N) is 2. The van der Waals surface area contributed by atoms with Crippen LogP contribution in [0.2, 0.25) is 0 Å². The normalized spacial score (nSPS) is 10.7. The van der Waals surface area contributed by atoms with E-state index in [0.29, 0.717) is 5.69 Å². The fraction of sp³-hybridized carbons (Fsp3) is 0.200. The van der Waals surface area contributed by atoms with Gasteiger partial charge in [-0.05, 0) is 57.0 Å². The maximum atomic E-state index is 12.6. The molecule has 24 heavy (non-hydrogen) atoms. The summed E-state index contributed by atoms with van der Waals surface area (Å²) < 4.78 is 1.78. The van der Waals surface area contributed by atoms with E-state index in [9.17, 15) is 4.79 Å². The van der Waals surface area contributed by atoms with E-state index in [1.807, 2.05) is 51.1 Å². The van der Waals surface area contributed by atoms with Gasteiger partial charge in [-0.1, -0.05) is 35.9 Å². The molecule has 0 radical (unpaired) electrons. The molecule has 0 fully saturated rings. The average molecular weight is 319 g/mol. The first-order chi connectivity index (χ1) is 11.5. The van der Waals surface area contributed by atoms with Crippen molar-refractivity contribution in [3.8, 4) is 5.69 Å². The van der Waals surface area contributed by atoms with Crippen molar-refractivity contribution in [3.05, 3.63) is 76.6 Å². The van der Waals surface area contributed by atoms with Crippen molar-refractivity contribution in [2.75, 3.05) is 5.32 Å². The number of benzene rings is 2. The Labute approximate surface area is 142 Å². The third-order valence-corrected chi connectivity index (χ3v) is 4.04. The zero-order valence-corrected chi connectivity index (χ0v) is 14.4. The Morgan fingerprint density at radius 2 is 1.58 bits per heavy atom. The van der Waals surface area contributed by atoms with E-state index in [2.05, 4.69) is 29.5 Å². The quantitative estimate of drug-likeness (QED) is 0.780. The van der Waals surface area contributed by atoms with Crippen LogP contribution in [0.4, 0.5) is 5.69 Å². The summed E-state index contributed by atoms with van der Waals surface area (Å²) in [5.74, 6) is -0.192. The van der Waals surface area contributed by atoms with E-state index >= 15 is 0 Å². The fourth-order valence-electron chi connectivity index (χ4n) is 2.97. The van der Waals surface area contributed by atoms with Gasteiger partial charge >= 0.3 is 0 Å². The highest BCUT2D eigenvalue weighted by Crippen LogP contribution is 2.23. The van der Waals surface area contributed by atoms with Crippen LogP contribution in [0.15, 0.2) is 48.5 Å². The number of anilines is 1. The van der Waals surface area contributed by atoms with E-state index in [1.54, 1.807) is 10.7 Å². The summed E-state index contributed by atoms with van der Waals surface area (Å²) in [6.45, 7) is 8.00. The van der Waals surface area contributed by atoms with E-state index in [1.165, 1.54) is 5.56 Å². The Bertz CT molecular complexity index is 871. The van der Waals surface area contributed by atoms with Crippen molar-refractivity contribution in [3.63, 3.8) is 0 Å². The molecule has 0 atom stereocenters. The van der Waals surface area contributed by atoms with E-state index in [0.717, 1.165) is 28.2 Å². The standard InChI is InChI=1S/C20H21N3O/c1-13-10-14(2)19(15(3)11-13)21-20(24)18-12-16(4)23(22-18)17-8-6-5-7-9-17/h5-12H,1-4H3,(H,21,24). The lowest BCUT2D eigenvalue weighted by Gasteiger charge is -2.12. The summed E-state index contributed by atoms with van der Waals surface area (Å²) in [5, 5.41) is 7.46. The van der Waals surface area contributed by atoms with E-state index < -0.39 is 0 Å². The molecule has 0 saturated carbocycles. The smallest absolute Gasteiger partial charge is 0.276 e. The van der Waals surface area contributed by atoms with Crippen LogP contribution < -0.4 is 5.32 Å². The highest BCUT2D eigenvalue weighted by atomic mass is 16.2. The number of hydrogen-bond donors (Lipinski definition) is 1. The molecule has 1 heterocycles. The number of para-hydroxylation sites is 1. The predicted octanol–water partition coefficient (Wildman–Crippen LogP) is 4.36. The van der Waals surface area contributed by atoms with Crippen molar-refractivity contribution < 1.29 is 4.79 Å². The largest absolute Gasteiger partial charge is 0.320 e. The first-order valence-electron chi connectivity index (χ1n) is 7.97. The third-order valence-electron chi connectivity index (χ3n) is 4.04. The lowest BCUT2D eigenvalue weighted by Crippen LogP contribution is -2.15. The summed E-state index contributed by atoms with van der Waals surface area (Å²) in [4.78, 5) is 12.6. The van der Waals surface area contributed by atoms with Gasteiger partial charge in [-0.3, -0.25) is 4.79 Å². The summed E-state index contributed by atoms with van der Waals surface area (Å²) >= 11 is 0. The molecule has 122 valence electrons. The van der Waals surface area contributed by atoms with E-state index in [4.69, 9.17) is 0 Å². The number of aromatic nitrogens is 2. The monoisotopic (exact) mass is 319 g/mol. The molecule has 0 aliphatic rings. The highest BCUT2D eigenvalue weighted by Gasteiger charge is 2.15. The Hall–Kier alpha value is -2.88. The van der Waals surface area contributed by atoms with Gasteiger partial charge in [0.2, 0.25) is 0 Å². The number of carbonyl (C=O) groups excluding carboxylic acids is 1. The van der Waals surface area contributed by atoms with Gasteiger partial charge in [0.1, 0.15) is 0 Å². The molecule has 0 spiro atoms. The molecule has 0 aliphatic carbocycles. The zero-order valence-electron chi connectivity index (χ0n) is 14.4. The minimum Gasteiger partial charge on any atom is -0.320 e. The molecule has 3 rings (SSSR count). The molecule has 0 unspecified atom stereocenters. The third kappa shape index (κ3) is 3.08. The number of amides is 1. The minimum atomic E-state index is -0.192. The molecule has 4 nitrogen and oxygen atoms in total. The first kappa shape index (κ1) is 16.0. The lowest BCUT2D eigenvalue weighted by atomic mass is 10.1. The van der Waals surface area contributed by atoms with Gasteiger partial charge in [-0.25, -0.2) is 4.68 Å². The van der Waals surface area contributed by atoms with Crippen LogP contribution in [0.25, 0.3) is 5.69 Å². The Morgan fingerprint density at radius 3 is 2.21 bits per heavy atom. The second-order valence-electron chi connectivity index (χ2n) is 6.15. The second-order valence-corrected chi connectivity index (χ2v) is 6.15. The molecule has 1 N–H and O–H groups in total. The fourth-order valence-corrected chi connectivity index (χ4v) is 2.97. The number of carbonyl (C=O) groups is 1. The van der Waals surface area contributed by atoms with Crippen LogP contribution in [0, 0.1) is 27.7 Å². The van der Waals surface area contributed by atoms with Gasteiger partial charge in [-0.2, -0.15) is 5.10 Å². The van der Waals surface area contributed by atoms with Crippen molar-refractivity contribution in [2.24, 2.45) is 0 Å². The van der Waals surface area contributed by atoms with Crippen LogP contribution in [-0.2, 0) is 0 Å². The number of aryl methyl sites for hydroxylation is 4. The maximum Gasteiger partial charge on any atom is 0.276 e. The summed E-state index contributed by atoms with van der Waals surface area (Å²) in [7, 11) is 0.